The van der Waals surface area contributed by atoms with Gasteiger partial charge in [-0.25, -0.2) is 17.5 Å². The van der Waals surface area contributed by atoms with Gasteiger partial charge in [-0.05, 0) is 17.7 Å². The molecule has 0 amide bonds. The number of aliphatic carboxylic acids is 1. The highest BCUT2D eigenvalue weighted by Gasteiger charge is 2.13. The van der Waals surface area contributed by atoms with Crippen molar-refractivity contribution in [2.45, 2.75) is 12.2 Å². The van der Waals surface area contributed by atoms with Gasteiger partial charge in [0.2, 0.25) is 10.0 Å². The molecule has 18 heavy (non-hydrogen) atoms. The first-order valence-electron chi connectivity index (χ1n) is 4.93. The van der Waals surface area contributed by atoms with Gasteiger partial charge in [-0.2, -0.15) is 0 Å². The molecule has 1 aromatic carbocycles. The van der Waals surface area contributed by atoms with E-state index in [1.165, 1.54) is 12.1 Å². The summed E-state index contributed by atoms with van der Waals surface area (Å²) in [6, 6.07) is 3.59. The molecule has 0 saturated carbocycles. The number of halogens is 2. The molecule has 0 unspecified atom stereocenters. The van der Waals surface area contributed by atoms with Crippen molar-refractivity contribution in [3.8, 4) is 0 Å². The monoisotopic (exact) mass is 295 g/mol. The van der Waals surface area contributed by atoms with E-state index in [0.29, 0.717) is 5.56 Å². The van der Waals surface area contributed by atoms with Gasteiger partial charge in [-0.1, -0.05) is 17.7 Å². The third-order valence-corrected chi connectivity index (χ3v) is 3.65. The molecule has 100 valence electrons. The van der Waals surface area contributed by atoms with Crippen LogP contribution in [0.3, 0.4) is 0 Å². The van der Waals surface area contributed by atoms with Crippen LogP contribution in [-0.4, -0.2) is 26.0 Å². The molecule has 5 nitrogen and oxygen atoms in total. The Kier molecular flexibility index (Phi) is 5.06. The lowest BCUT2D eigenvalue weighted by atomic mass is 10.2. The van der Waals surface area contributed by atoms with Crippen LogP contribution in [0.2, 0.25) is 5.02 Å². The molecule has 0 spiro atoms. The smallest absolute Gasteiger partial charge is 0.304 e. The SMILES string of the molecule is O=C(O)CCNS(=O)(=O)Cc1ccc(F)c(Cl)c1. The van der Waals surface area contributed by atoms with Gasteiger partial charge in [0, 0.05) is 6.54 Å². The first-order valence-corrected chi connectivity index (χ1v) is 6.96. The molecule has 0 bridgehead atoms. The maximum Gasteiger partial charge on any atom is 0.304 e. The van der Waals surface area contributed by atoms with E-state index in [1.807, 2.05) is 0 Å². The maximum atomic E-state index is 12.9. The van der Waals surface area contributed by atoms with Gasteiger partial charge in [0.1, 0.15) is 5.82 Å². The minimum Gasteiger partial charge on any atom is -0.481 e. The highest BCUT2D eigenvalue weighted by atomic mass is 35.5. The zero-order chi connectivity index (χ0) is 13.8. The van der Waals surface area contributed by atoms with Crippen molar-refractivity contribution < 1.29 is 22.7 Å². The van der Waals surface area contributed by atoms with Crippen LogP contribution in [-0.2, 0) is 20.6 Å². The van der Waals surface area contributed by atoms with Crippen molar-refractivity contribution in [1.29, 1.82) is 0 Å². The number of benzene rings is 1. The van der Waals surface area contributed by atoms with Crippen LogP contribution < -0.4 is 4.72 Å². The van der Waals surface area contributed by atoms with Crippen LogP contribution in [0, 0.1) is 5.82 Å². The number of nitrogens with one attached hydrogen (secondary N) is 1. The number of carboxylic acids is 1. The molecule has 0 aliphatic heterocycles. The molecule has 0 aromatic heterocycles. The molecule has 1 aromatic rings. The fourth-order valence-corrected chi connectivity index (χ4v) is 2.55. The summed E-state index contributed by atoms with van der Waals surface area (Å²) < 4.78 is 38.1. The van der Waals surface area contributed by atoms with Crippen molar-refractivity contribution >= 4 is 27.6 Å². The maximum absolute atomic E-state index is 12.9. The minimum absolute atomic E-state index is 0.159. The Morgan fingerprint density at radius 2 is 2.11 bits per heavy atom. The normalized spacial score (nSPS) is 11.4. The third-order valence-electron chi connectivity index (χ3n) is 2.00. The van der Waals surface area contributed by atoms with E-state index in [1.54, 1.807) is 0 Å². The first-order chi connectivity index (χ1) is 8.30. The highest BCUT2D eigenvalue weighted by Crippen LogP contribution is 2.17. The Morgan fingerprint density at radius 1 is 1.44 bits per heavy atom. The van der Waals surface area contributed by atoms with Gasteiger partial charge in [0.05, 0.1) is 17.2 Å². The molecule has 0 fully saturated rings. The van der Waals surface area contributed by atoms with Crippen LogP contribution in [0.5, 0.6) is 0 Å². The van der Waals surface area contributed by atoms with E-state index >= 15 is 0 Å². The summed E-state index contributed by atoms with van der Waals surface area (Å²) in [6.45, 7) is -0.188. The molecule has 0 aliphatic carbocycles. The number of carboxylic acid groups (broad SMARTS) is 1. The van der Waals surface area contributed by atoms with Crippen LogP contribution in [0.1, 0.15) is 12.0 Å². The Labute approximate surface area is 109 Å². The van der Waals surface area contributed by atoms with E-state index in [-0.39, 0.29) is 23.7 Å². The molecule has 1 rings (SSSR count). The minimum atomic E-state index is -3.65. The van der Waals surface area contributed by atoms with E-state index in [4.69, 9.17) is 16.7 Å². The van der Waals surface area contributed by atoms with Crippen molar-refractivity contribution in [2.24, 2.45) is 0 Å². The van der Waals surface area contributed by atoms with Crippen LogP contribution in [0.15, 0.2) is 18.2 Å². The van der Waals surface area contributed by atoms with Crippen molar-refractivity contribution in [1.82, 2.24) is 4.72 Å². The fourth-order valence-electron chi connectivity index (χ4n) is 1.21. The summed E-state index contributed by atoms with van der Waals surface area (Å²) in [7, 11) is -3.65. The largest absolute Gasteiger partial charge is 0.481 e. The Balaban J connectivity index is 2.64. The lowest BCUT2D eigenvalue weighted by molar-refractivity contribution is -0.136. The first kappa shape index (κ1) is 14.9. The highest BCUT2D eigenvalue weighted by molar-refractivity contribution is 7.88. The van der Waals surface area contributed by atoms with Gasteiger partial charge in [0.15, 0.2) is 0 Å². The Hall–Kier alpha value is -1.18. The summed E-state index contributed by atoms with van der Waals surface area (Å²) >= 11 is 5.52. The summed E-state index contributed by atoms with van der Waals surface area (Å²) in [4.78, 5) is 10.2. The molecule has 8 heteroatoms. The predicted octanol–water partition coefficient (Wildman–Crippen LogP) is 1.37. The predicted molar refractivity (Wildman–Crippen MR) is 64.3 cm³/mol. The zero-order valence-electron chi connectivity index (χ0n) is 9.19. The lowest BCUT2D eigenvalue weighted by Gasteiger charge is -2.06. The second-order valence-electron chi connectivity index (χ2n) is 3.55. The topological polar surface area (TPSA) is 83.5 Å². The van der Waals surface area contributed by atoms with Gasteiger partial charge < -0.3 is 5.11 Å². The average Bonchev–Trinajstić information content (AvgIpc) is 2.22. The third kappa shape index (κ3) is 4.99. The molecule has 2 N–H and O–H groups in total. The molecule has 0 aliphatic rings. The van der Waals surface area contributed by atoms with E-state index in [9.17, 15) is 17.6 Å². The summed E-state index contributed by atoms with van der Waals surface area (Å²) in [5.41, 5.74) is 0.323. The van der Waals surface area contributed by atoms with Crippen molar-refractivity contribution in [3.05, 3.63) is 34.6 Å². The van der Waals surface area contributed by atoms with Crippen LogP contribution in [0.25, 0.3) is 0 Å². The number of hydrogen-bond donors (Lipinski definition) is 2. The Morgan fingerprint density at radius 3 is 2.67 bits per heavy atom. The number of carbonyl (C=O) groups is 1. The summed E-state index contributed by atoms with van der Waals surface area (Å²) in [5, 5.41) is 8.21. The Bertz CT molecular complexity index is 547. The van der Waals surface area contributed by atoms with E-state index in [2.05, 4.69) is 4.72 Å². The molecule has 0 saturated heterocycles. The second kappa shape index (κ2) is 6.12. The fraction of sp³-hybridized carbons (Fsp3) is 0.300. The molecule has 0 radical (unpaired) electrons. The van der Waals surface area contributed by atoms with E-state index in [0.717, 1.165) is 6.07 Å². The quantitative estimate of drug-likeness (QED) is 0.830. The number of hydrogen-bond acceptors (Lipinski definition) is 3. The summed E-state index contributed by atoms with van der Waals surface area (Å²) in [6.07, 6.45) is -0.302. The van der Waals surface area contributed by atoms with Gasteiger partial charge >= 0.3 is 5.97 Å². The summed E-state index contributed by atoms with van der Waals surface area (Å²) in [5.74, 6) is -2.11. The lowest BCUT2D eigenvalue weighted by Crippen LogP contribution is -2.27. The molecular formula is C10H11ClFNO4S. The standard InChI is InChI=1S/C10H11ClFNO4S/c11-8-5-7(1-2-9(8)12)6-18(16,17)13-4-3-10(14)15/h1-2,5,13H,3-4,6H2,(H,14,15). The van der Waals surface area contributed by atoms with Crippen molar-refractivity contribution in [2.75, 3.05) is 6.54 Å². The number of sulfonamides is 1. The molecular weight excluding hydrogens is 285 g/mol. The van der Waals surface area contributed by atoms with Gasteiger partial charge in [0.25, 0.3) is 0 Å². The second-order valence-corrected chi connectivity index (χ2v) is 5.76. The van der Waals surface area contributed by atoms with Gasteiger partial charge in [-0.3, -0.25) is 4.79 Å². The van der Waals surface area contributed by atoms with Crippen LogP contribution in [0.4, 0.5) is 4.39 Å². The zero-order valence-corrected chi connectivity index (χ0v) is 10.8. The number of rotatable bonds is 6. The van der Waals surface area contributed by atoms with E-state index < -0.39 is 21.8 Å². The molecule has 0 atom stereocenters. The molecule has 0 heterocycles. The average molecular weight is 296 g/mol. The van der Waals surface area contributed by atoms with Gasteiger partial charge in [-0.15, -0.1) is 0 Å². The van der Waals surface area contributed by atoms with Crippen molar-refractivity contribution in [3.63, 3.8) is 0 Å². The van der Waals surface area contributed by atoms with Crippen LogP contribution >= 0.6 is 11.6 Å².